The fourth-order valence-corrected chi connectivity index (χ4v) is 1.81. The third-order valence-electron chi connectivity index (χ3n) is 1.20. The third kappa shape index (κ3) is 3.46. The lowest BCUT2D eigenvalue weighted by atomic mass is 10.6. The van der Waals surface area contributed by atoms with Crippen LogP contribution in [0.1, 0.15) is 5.82 Å². The minimum Gasteiger partial charge on any atom is -0.324 e. The van der Waals surface area contributed by atoms with Gasteiger partial charge in [-0.25, -0.2) is 9.97 Å². The summed E-state index contributed by atoms with van der Waals surface area (Å²) in [5.74, 6) is 0.645. The Morgan fingerprint density at radius 1 is 1.42 bits per heavy atom. The molecule has 66 valence electrons. The lowest BCUT2D eigenvalue weighted by molar-refractivity contribution is 0.581. The van der Waals surface area contributed by atoms with E-state index in [4.69, 9.17) is 0 Å². The van der Waals surface area contributed by atoms with Gasteiger partial charge in [0.15, 0.2) is 0 Å². The molecule has 0 aromatic carbocycles. The molecule has 0 spiro atoms. The molecule has 0 saturated heterocycles. The average molecular weight is 249 g/mol. The lowest BCUT2D eigenvalue weighted by Crippen LogP contribution is -1.93. The topological polar surface area (TPSA) is 42.9 Å². The quantitative estimate of drug-likeness (QED) is 0.755. The zero-order chi connectivity index (χ0) is 9.19. The fraction of sp³-hybridized carbons (Fsp3) is 0.429. The van der Waals surface area contributed by atoms with Crippen molar-refractivity contribution in [2.45, 2.75) is 6.16 Å². The molecule has 1 rings (SSSR count). The molecule has 0 unspecified atom stereocenters. The van der Waals surface area contributed by atoms with E-state index in [0.717, 1.165) is 4.47 Å². The smallest absolute Gasteiger partial charge is 0.135 e. The first-order valence-corrected chi connectivity index (χ1v) is 7.06. The van der Waals surface area contributed by atoms with Crippen LogP contribution < -0.4 is 0 Å². The Morgan fingerprint density at radius 2 is 1.92 bits per heavy atom. The number of aromatic nitrogens is 2. The van der Waals surface area contributed by atoms with Crippen molar-refractivity contribution in [1.82, 2.24) is 9.97 Å². The van der Waals surface area contributed by atoms with E-state index in [9.17, 15) is 4.57 Å². The molecule has 1 aromatic heterocycles. The Hall–Kier alpha value is -0.210. The van der Waals surface area contributed by atoms with Gasteiger partial charge in [-0.05, 0) is 29.3 Å². The van der Waals surface area contributed by atoms with Gasteiger partial charge in [0, 0.05) is 12.4 Å². The highest BCUT2D eigenvalue weighted by Crippen LogP contribution is 2.39. The summed E-state index contributed by atoms with van der Waals surface area (Å²) in [7, 11) is -2.04. The van der Waals surface area contributed by atoms with Gasteiger partial charge in [-0.3, -0.25) is 0 Å². The van der Waals surface area contributed by atoms with E-state index in [1.54, 1.807) is 25.7 Å². The van der Waals surface area contributed by atoms with Crippen molar-refractivity contribution in [3.05, 3.63) is 22.7 Å². The Balaban J connectivity index is 2.78. The van der Waals surface area contributed by atoms with Crippen LogP contribution in [0.15, 0.2) is 16.9 Å². The van der Waals surface area contributed by atoms with Crippen molar-refractivity contribution < 1.29 is 4.57 Å². The number of rotatable bonds is 2. The van der Waals surface area contributed by atoms with E-state index in [1.165, 1.54) is 0 Å². The van der Waals surface area contributed by atoms with Gasteiger partial charge in [-0.15, -0.1) is 0 Å². The molecule has 0 saturated carbocycles. The maximum atomic E-state index is 11.4. The molecule has 3 nitrogen and oxygen atoms in total. The predicted octanol–water partition coefficient (Wildman–Crippen LogP) is 2.36. The number of hydrogen-bond donors (Lipinski definition) is 0. The summed E-state index contributed by atoms with van der Waals surface area (Å²) in [6, 6.07) is 0. The molecule has 0 radical (unpaired) electrons. The summed E-state index contributed by atoms with van der Waals surface area (Å²) < 4.78 is 12.2. The fourth-order valence-electron chi connectivity index (χ4n) is 0.761. The third-order valence-corrected chi connectivity index (χ3v) is 2.65. The number of nitrogens with zero attached hydrogens (tertiary/aromatic N) is 2. The molecule has 1 aromatic rings. The molecule has 0 bridgehead atoms. The van der Waals surface area contributed by atoms with E-state index >= 15 is 0 Å². The number of hydrogen-bond acceptors (Lipinski definition) is 3. The largest absolute Gasteiger partial charge is 0.324 e. The van der Waals surface area contributed by atoms with Gasteiger partial charge in [0.25, 0.3) is 0 Å². The van der Waals surface area contributed by atoms with Crippen LogP contribution in [0, 0.1) is 0 Å². The van der Waals surface area contributed by atoms with Gasteiger partial charge in [-0.2, -0.15) is 0 Å². The molecule has 0 fully saturated rings. The zero-order valence-electron chi connectivity index (χ0n) is 6.99. The first kappa shape index (κ1) is 9.87. The molecule has 0 amide bonds. The predicted molar refractivity (Wildman–Crippen MR) is 52.9 cm³/mol. The molecule has 5 heteroatoms. The minimum atomic E-state index is -2.04. The Kier molecular flexibility index (Phi) is 3.02. The highest BCUT2D eigenvalue weighted by molar-refractivity contribution is 9.10. The Labute approximate surface area is 80.1 Å². The second-order valence-electron chi connectivity index (χ2n) is 3.05. The second-order valence-corrected chi connectivity index (χ2v) is 7.43. The van der Waals surface area contributed by atoms with E-state index in [2.05, 4.69) is 25.9 Å². The van der Waals surface area contributed by atoms with Gasteiger partial charge < -0.3 is 4.57 Å². The van der Waals surface area contributed by atoms with E-state index in [1.807, 2.05) is 0 Å². The lowest BCUT2D eigenvalue weighted by Gasteiger charge is -2.03. The van der Waals surface area contributed by atoms with Crippen LogP contribution in [-0.2, 0) is 10.7 Å². The summed E-state index contributed by atoms with van der Waals surface area (Å²) in [4.78, 5) is 8.07. The van der Waals surface area contributed by atoms with Gasteiger partial charge in [0.2, 0.25) is 0 Å². The first-order chi connectivity index (χ1) is 5.47. The molecule has 0 N–H and O–H groups in total. The van der Waals surface area contributed by atoms with Crippen LogP contribution in [0.2, 0.25) is 0 Å². The molecule has 1 heterocycles. The maximum absolute atomic E-state index is 11.4. The van der Waals surface area contributed by atoms with Crippen LogP contribution in [0.25, 0.3) is 0 Å². The van der Waals surface area contributed by atoms with Crippen LogP contribution in [0.4, 0.5) is 0 Å². The van der Waals surface area contributed by atoms with Gasteiger partial charge >= 0.3 is 0 Å². The summed E-state index contributed by atoms with van der Waals surface area (Å²) in [6.45, 7) is 3.47. The second kappa shape index (κ2) is 3.67. The molecular weight excluding hydrogens is 239 g/mol. The molecule has 0 aliphatic heterocycles. The highest BCUT2D eigenvalue weighted by Gasteiger charge is 2.09. The maximum Gasteiger partial charge on any atom is 0.135 e. The summed E-state index contributed by atoms with van der Waals surface area (Å²) in [5, 5.41) is 0. The summed E-state index contributed by atoms with van der Waals surface area (Å²) in [6.07, 6.45) is 3.80. The zero-order valence-corrected chi connectivity index (χ0v) is 9.47. The summed E-state index contributed by atoms with van der Waals surface area (Å²) >= 11 is 3.23. The molecular formula is C7H10BrN2OP. The molecule has 12 heavy (non-hydrogen) atoms. The van der Waals surface area contributed by atoms with Gasteiger partial charge in [0.05, 0.1) is 17.8 Å². The first-order valence-electron chi connectivity index (χ1n) is 3.48. The van der Waals surface area contributed by atoms with Crippen molar-refractivity contribution in [2.24, 2.45) is 0 Å². The van der Waals surface area contributed by atoms with E-state index in [-0.39, 0.29) is 0 Å². The molecule has 0 aliphatic carbocycles. The van der Waals surface area contributed by atoms with Crippen molar-refractivity contribution in [3.63, 3.8) is 0 Å². The standard InChI is InChI=1S/C7H10BrN2OP/c1-12(2,11)5-7-9-3-6(8)4-10-7/h3-4H,5H2,1-2H3. The van der Waals surface area contributed by atoms with Crippen molar-refractivity contribution in [2.75, 3.05) is 13.3 Å². The minimum absolute atomic E-state index is 0.472. The monoisotopic (exact) mass is 248 g/mol. The SMILES string of the molecule is CP(C)(=O)Cc1ncc(Br)cn1. The van der Waals surface area contributed by atoms with Crippen LogP contribution in [0.5, 0.6) is 0 Å². The molecule has 0 atom stereocenters. The average Bonchev–Trinajstić information content (AvgIpc) is 1.91. The van der Waals surface area contributed by atoms with Crippen LogP contribution in [-0.4, -0.2) is 23.3 Å². The van der Waals surface area contributed by atoms with Gasteiger partial charge in [0.1, 0.15) is 5.82 Å². The highest BCUT2D eigenvalue weighted by atomic mass is 79.9. The normalized spacial score (nSPS) is 11.6. The van der Waals surface area contributed by atoms with Crippen molar-refractivity contribution in [1.29, 1.82) is 0 Å². The number of halogens is 1. The molecule has 0 aliphatic rings. The van der Waals surface area contributed by atoms with Gasteiger partial charge in [-0.1, -0.05) is 0 Å². The van der Waals surface area contributed by atoms with Crippen LogP contribution in [0.3, 0.4) is 0 Å². The van der Waals surface area contributed by atoms with Crippen molar-refractivity contribution in [3.8, 4) is 0 Å². The summed E-state index contributed by atoms with van der Waals surface area (Å²) in [5.41, 5.74) is 0. The Bertz CT molecular complexity index is 306. The van der Waals surface area contributed by atoms with E-state index in [0.29, 0.717) is 12.0 Å². The van der Waals surface area contributed by atoms with E-state index < -0.39 is 7.14 Å². The van der Waals surface area contributed by atoms with Crippen molar-refractivity contribution >= 4 is 23.1 Å². The Morgan fingerprint density at radius 3 is 2.33 bits per heavy atom. The van der Waals surface area contributed by atoms with Crippen LogP contribution >= 0.6 is 23.1 Å².